The van der Waals surface area contributed by atoms with Crippen LogP contribution in [0.4, 0.5) is 0 Å². The summed E-state index contributed by atoms with van der Waals surface area (Å²) in [5.74, 6) is -0.911. The Morgan fingerprint density at radius 2 is 1.94 bits per heavy atom. The lowest BCUT2D eigenvalue weighted by Gasteiger charge is -2.20. The molecule has 2 aliphatic rings. The number of hydrogen-bond acceptors (Lipinski definition) is 2. The summed E-state index contributed by atoms with van der Waals surface area (Å²) in [4.78, 5) is 25.5. The van der Waals surface area contributed by atoms with E-state index in [9.17, 15) is 9.59 Å². The predicted molar refractivity (Wildman–Crippen MR) is 67.3 cm³/mol. The third-order valence-corrected chi connectivity index (χ3v) is 3.40. The third-order valence-electron chi connectivity index (χ3n) is 3.40. The summed E-state index contributed by atoms with van der Waals surface area (Å²) in [7, 11) is 0. The van der Waals surface area contributed by atoms with Gasteiger partial charge < -0.3 is 4.90 Å². The molecule has 1 aliphatic carbocycles. The van der Waals surface area contributed by atoms with Gasteiger partial charge in [0.2, 0.25) is 5.78 Å². The zero-order chi connectivity index (χ0) is 12.5. The average molecular weight is 239 g/mol. The number of amides is 1. The highest BCUT2D eigenvalue weighted by Crippen LogP contribution is 2.33. The van der Waals surface area contributed by atoms with Crippen molar-refractivity contribution in [2.75, 3.05) is 0 Å². The van der Waals surface area contributed by atoms with Crippen LogP contribution < -0.4 is 0 Å². The van der Waals surface area contributed by atoms with Gasteiger partial charge in [-0.2, -0.15) is 0 Å². The summed E-state index contributed by atoms with van der Waals surface area (Å²) in [6.07, 6.45) is 6.36. The van der Waals surface area contributed by atoms with Gasteiger partial charge in [0.1, 0.15) is 0 Å². The zero-order valence-corrected chi connectivity index (χ0v) is 9.87. The lowest BCUT2D eigenvalue weighted by atomic mass is 9.96. The van der Waals surface area contributed by atoms with E-state index in [2.05, 4.69) is 0 Å². The van der Waals surface area contributed by atoms with Gasteiger partial charge in [0.25, 0.3) is 5.91 Å². The summed E-state index contributed by atoms with van der Waals surface area (Å²) in [5, 5.41) is 0. The molecule has 18 heavy (non-hydrogen) atoms. The number of Topliss-reactive ketones (excluding diaryl/α,β-unsaturated/α-hetero) is 1. The molecule has 0 bridgehead atoms. The maximum atomic E-state index is 12.0. The smallest absolute Gasteiger partial charge is 0.295 e. The molecule has 1 aromatic carbocycles. The number of rotatable bonds is 2. The number of likely N-dealkylation sites (tertiary alicyclic amines) is 1. The zero-order valence-electron chi connectivity index (χ0n) is 9.87. The molecule has 1 aromatic rings. The molecule has 0 spiro atoms. The van der Waals surface area contributed by atoms with E-state index in [1.54, 1.807) is 4.90 Å². The third kappa shape index (κ3) is 1.68. The van der Waals surface area contributed by atoms with E-state index in [4.69, 9.17) is 0 Å². The van der Waals surface area contributed by atoms with Gasteiger partial charge in [0, 0.05) is 5.70 Å². The van der Waals surface area contributed by atoms with Gasteiger partial charge in [-0.3, -0.25) is 9.59 Å². The Morgan fingerprint density at radius 1 is 1.17 bits per heavy atom. The topological polar surface area (TPSA) is 37.4 Å². The van der Waals surface area contributed by atoms with Crippen LogP contribution in [0.1, 0.15) is 12.0 Å². The summed E-state index contributed by atoms with van der Waals surface area (Å²) in [6.45, 7) is 0.474. The predicted octanol–water partition coefficient (Wildman–Crippen LogP) is 2.06. The first-order valence-electron chi connectivity index (χ1n) is 6.04. The highest BCUT2D eigenvalue weighted by molar-refractivity contribution is 6.40. The number of hydrogen-bond donors (Lipinski definition) is 0. The summed E-state index contributed by atoms with van der Waals surface area (Å²) in [6, 6.07) is 9.73. The van der Waals surface area contributed by atoms with Crippen molar-refractivity contribution in [3.63, 3.8) is 0 Å². The van der Waals surface area contributed by atoms with E-state index in [0.29, 0.717) is 13.0 Å². The van der Waals surface area contributed by atoms with Crippen molar-refractivity contribution in [3.05, 3.63) is 59.8 Å². The maximum Gasteiger partial charge on any atom is 0.295 e. The number of nitrogens with zero attached hydrogens (tertiary/aromatic N) is 1. The molecule has 1 heterocycles. The highest BCUT2D eigenvalue weighted by Gasteiger charge is 2.42. The minimum absolute atomic E-state index is 0.258. The monoisotopic (exact) mass is 239 g/mol. The second-order valence-electron chi connectivity index (χ2n) is 4.55. The molecule has 3 nitrogen and oxygen atoms in total. The van der Waals surface area contributed by atoms with Crippen LogP contribution in [0, 0.1) is 5.92 Å². The van der Waals surface area contributed by atoms with Gasteiger partial charge in [0.05, 0.1) is 12.5 Å². The van der Waals surface area contributed by atoms with Crippen LogP contribution in [0.3, 0.4) is 0 Å². The molecule has 1 unspecified atom stereocenters. The van der Waals surface area contributed by atoms with Gasteiger partial charge >= 0.3 is 0 Å². The molecule has 0 aromatic heterocycles. The molecule has 1 aliphatic heterocycles. The van der Waals surface area contributed by atoms with Crippen molar-refractivity contribution in [2.24, 2.45) is 5.92 Å². The minimum Gasteiger partial charge on any atom is -0.304 e. The second kappa shape index (κ2) is 4.26. The lowest BCUT2D eigenvalue weighted by molar-refractivity contribution is -0.140. The molecule has 0 N–H and O–H groups in total. The van der Waals surface area contributed by atoms with E-state index in [-0.39, 0.29) is 17.6 Å². The van der Waals surface area contributed by atoms with Crippen molar-refractivity contribution in [2.45, 2.75) is 13.0 Å². The van der Waals surface area contributed by atoms with Gasteiger partial charge in [-0.1, -0.05) is 42.5 Å². The fourth-order valence-corrected chi connectivity index (χ4v) is 2.47. The fourth-order valence-electron chi connectivity index (χ4n) is 2.47. The SMILES string of the molecule is O=C1C(=O)N(Cc2ccccc2)C2=CC=CCC12. The Kier molecular flexibility index (Phi) is 2.59. The van der Waals surface area contributed by atoms with E-state index in [1.807, 2.05) is 48.6 Å². The Balaban J connectivity index is 1.91. The number of fused-ring (bicyclic) bond motifs is 1. The Hall–Kier alpha value is -2.16. The van der Waals surface area contributed by atoms with E-state index in [0.717, 1.165) is 11.3 Å². The molecule has 3 heteroatoms. The van der Waals surface area contributed by atoms with Crippen LogP contribution in [0.25, 0.3) is 0 Å². The van der Waals surface area contributed by atoms with Crippen molar-refractivity contribution in [1.82, 2.24) is 4.90 Å². The first-order valence-corrected chi connectivity index (χ1v) is 6.04. The fraction of sp³-hybridized carbons (Fsp3) is 0.200. The standard InChI is InChI=1S/C15H13NO2/c17-14-12-8-4-5-9-13(12)16(15(14)18)10-11-6-2-1-3-7-11/h1-7,9,12H,8,10H2. The van der Waals surface area contributed by atoms with Crippen LogP contribution in [-0.4, -0.2) is 16.6 Å². The lowest BCUT2D eigenvalue weighted by Crippen LogP contribution is -2.25. The van der Waals surface area contributed by atoms with E-state index in [1.165, 1.54) is 0 Å². The highest BCUT2D eigenvalue weighted by atomic mass is 16.2. The molecule has 1 fully saturated rings. The van der Waals surface area contributed by atoms with Crippen molar-refractivity contribution in [1.29, 1.82) is 0 Å². The molecule has 90 valence electrons. The normalized spacial score (nSPS) is 22.1. The first-order chi connectivity index (χ1) is 8.77. The number of carbonyl (C=O) groups excluding carboxylic acids is 2. The van der Waals surface area contributed by atoms with Crippen LogP contribution in [0.15, 0.2) is 54.3 Å². The molecule has 1 atom stereocenters. The Morgan fingerprint density at radius 3 is 2.72 bits per heavy atom. The quantitative estimate of drug-likeness (QED) is 0.741. The Labute approximate surface area is 105 Å². The second-order valence-corrected chi connectivity index (χ2v) is 4.55. The van der Waals surface area contributed by atoms with E-state index < -0.39 is 0 Å². The van der Waals surface area contributed by atoms with Crippen LogP contribution in [0.5, 0.6) is 0 Å². The molecule has 1 saturated heterocycles. The van der Waals surface area contributed by atoms with Crippen molar-refractivity contribution in [3.8, 4) is 0 Å². The summed E-state index contributed by atoms with van der Waals surface area (Å²) < 4.78 is 0. The van der Waals surface area contributed by atoms with Gasteiger partial charge in [-0.15, -0.1) is 0 Å². The van der Waals surface area contributed by atoms with Gasteiger partial charge in [-0.05, 0) is 18.1 Å². The Bertz CT molecular complexity index is 557. The van der Waals surface area contributed by atoms with Gasteiger partial charge in [0.15, 0.2) is 0 Å². The molecule has 0 radical (unpaired) electrons. The summed E-state index contributed by atoms with van der Waals surface area (Å²) >= 11 is 0. The molecular formula is C15H13NO2. The summed E-state index contributed by atoms with van der Waals surface area (Å²) in [5.41, 5.74) is 1.88. The van der Waals surface area contributed by atoms with Crippen molar-refractivity contribution >= 4 is 11.7 Å². The first kappa shape index (κ1) is 11.0. The number of allylic oxidation sites excluding steroid dienone is 4. The van der Waals surface area contributed by atoms with Crippen LogP contribution >= 0.6 is 0 Å². The number of carbonyl (C=O) groups is 2. The largest absolute Gasteiger partial charge is 0.304 e. The molecule has 0 saturated carbocycles. The number of benzene rings is 1. The van der Waals surface area contributed by atoms with Gasteiger partial charge in [-0.25, -0.2) is 0 Å². The molecular weight excluding hydrogens is 226 g/mol. The van der Waals surface area contributed by atoms with E-state index >= 15 is 0 Å². The molecule has 3 rings (SSSR count). The molecule has 1 amide bonds. The van der Waals surface area contributed by atoms with Crippen LogP contribution in [-0.2, 0) is 16.1 Å². The van der Waals surface area contributed by atoms with Crippen LogP contribution in [0.2, 0.25) is 0 Å². The maximum absolute atomic E-state index is 12.0. The average Bonchev–Trinajstić information content (AvgIpc) is 2.66. The van der Waals surface area contributed by atoms with Crippen molar-refractivity contribution < 1.29 is 9.59 Å². The minimum atomic E-state index is -0.376. The number of ketones is 1.